The highest BCUT2D eigenvalue weighted by Crippen LogP contribution is 2.20. The summed E-state index contributed by atoms with van der Waals surface area (Å²) in [6.07, 6.45) is 1.27. The Balaban J connectivity index is 2.71. The second-order valence-corrected chi connectivity index (χ2v) is 3.86. The number of hydrogen-bond donors (Lipinski definition) is 1. The van der Waals surface area contributed by atoms with Crippen molar-refractivity contribution in [2.75, 3.05) is 18.8 Å². The van der Waals surface area contributed by atoms with Crippen molar-refractivity contribution in [1.82, 2.24) is 0 Å². The van der Waals surface area contributed by atoms with Gasteiger partial charge in [0.15, 0.2) is 0 Å². The smallest absolute Gasteiger partial charge is 0.303 e. The van der Waals surface area contributed by atoms with E-state index in [2.05, 4.69) is 6.58 Å². The lowest BCUT2D eigenvalue weighted by Gasteiger charge is -2.19. The van der Waals surface area contributed by atoms with E-state index in [9.17, 15) is 9.59 Å². The summed E-state index contributed by atoms with van der Waals surface area (Å²) in [4.78, 5) is 27.3. The van der Waals surface area contributed by atoms with Crippen molar-refractivity contribution >= 4 is 17.6 Å². The van der Waals surface area contributed by atoms with Gasteiger partial charge in [0, 0.05) is 6.42 Å². The molecule has 0 heterocycles. The van der Waals surface area contributed by atoms with Gasteiger partial charge < -0.3 is 9.84 Å². The van der Waals surface area contributed by atoms with Crippen molar-refractivity contribution in [3.8, 4) is 5.75 Å². The quantitative estimate of drug-likeness (QED) is 0.582. The molecule has 0 saturated carbocycles. The topological polar surface area (TPSA) is 76.1 Å². The molecule has 0 aliphatic heterocycles. The van der Waals surface area contributed by atoms with Gasteiger partial charge in [0.25, 0.3) is 5.91 Å². The summed E-state index contributed by atoms with van der Waals surface area (Å²) in [5, 5.41) is 9.63. The molecule has 1 rings (SSSR count). The fraction of sp³-hybridized carbons (Fsp3) is 0.286. The van der Waals surface area contributed by atoms with E-state index in [4.69, 9.17) is 14.7 Å². The van der Waals surface area contributed by atoms with Crippen LogP contribution in [0.15, 0.2) is 36.9 Å². The summed E-state index contributed by atoms with van der Waals surface area (Å²) < 4.78 is 5.32. The minimum absolute atomic E-state index is 0.127. The van der Waals surface area contributed by atoms with Crippen molar-refractivity contribution in [2.45, 2.75) is 12.8 Å². The van der Waals surface area contributed by atoms with E-state index in [1.807, 2.05) is 0 Å². The molecule has 0 aliphatic carbocycles. The molecule has 0 aromatic heterocycles. The van der Waals surface area contributed by atoms with Crippen LogP contribution in [0.5, 0.6) is 5.75 Å². The lowest BCUT2D eigenvalue weighted by atomic mass is 10.2. The number of amides is 1. The highest BCUT2D eigenvalue weighted by Gasteiger charge is 2.16. The van der Waals surface area contributed by atoms with Gasteiger partial charge in [-0.05, 0) is 24.3 Å². The number of carbonyl (C=O) groups is 2. The molecule has 1 aromatic carbocycles. The van der Waals surface area contributed by atoms with Gasteiger partial charge in [0.05, 0.1) is 19.2 Å². The Morgan fingerprint density at radius 1 is 1.30 bits per heavy atom. The van der Waals surface area contributed by atoms with Gasteiger partial charge in [-0.1, -0.05) is 12.7 Å². The molecule has 1 amide bonds. The first-order valence-corrected chi connectivity index (χ1v) is 6.01. The maximum atomic E-state index is 11.8. The fourth-order valence-electron chi connectivity index (χ4n) is 1.50. The Kier molecular flexibility index (Phi) is 6.25. The number of hydrogen-bond acceptors (Lipinski definition) is 4. The molecular formula is C14H17NO5. The van der Waals surface area contributed by atoms with Crippen molar-refractivity contribution in [3.63, 3.8) is 0 Å². The molecule has 1 N–H and O–H groups in total. The van der Waals surface area contributed by atoms with E-state index in [0.717, 1.165) is 5.06 Å². The van der Waals surface area contributed by atoms with E-state index in [1.54, 1.807) is 30.3 Å². The minimum Gasteiger partial charge on any atom is -0.490 e. The standard InChI is InChI=1S/C14H17NO5/c1-3-10-20-12-6-4-11(5-7-12)15(19-2)13(16)8-9-14(17)18/h3-7H,1,8-10H2,2H3,(H,17,18). The van der Waals surface area contributed by atoms with Crippen molar-refractivity contribution in [1.29, 1.82) is 0 Å². The number of anilines is 1. The number of carboxylic acid groups (broad SMARTS) is 1. The summed E-state index contributed by atoms with van der Waals surface area (Å²) in [7, 11) is 1.35. The molecule has 0 bridgehead atoms. The summed E-state index contributed by atoms with van der Waals surface area (Å²) in [6.45, 7) is 3.94. The van der Waals surface area contributed by atoms with Gasteiger partial charge >= 0.3 is 5.97 Å². The van der Waals surface area contributed by atoms with Crippen LogP contribution in [0.25, 0.3) is 0 Å². The molecule has 0 spiro atoms. The van der Waals surface area contributed by atoms with Gasteiger partial charge in [-0.3, -0.25) is 14.4 Å². The molecule has 1 aromatic rings. The third-order valence-electron chi connectivity index (χ3n) is 2.40. The molecule has 0 unspecified atom stereocenters. The Labute approximate surface area is 117 Å². The van der Waals surface area contributed by atoms with Gasteiger partial charge in [0.1, 0.15) is 12.4 Å². The van der Waals surface area contributed by atoms with Gasteiger partial charge in [-0.15, -0.1) is 0 Å². The molecule has 0 radical (unpaired) electrons. The van der Waals surface area contributed by atoms with E-state index in [0.29, 0.717) is 18.0 Å². The molecule has 0 aliphatic rings. The van der Waals surface area contributed by atoms with Gasteiger partial charge in [-0.2, -0.15) is 5.06 Å². The number of ether oxygens (including phenoxy) is 1. The number of benzene rings is 1. The predicted molar refractivity (Wildman–Crippen MR) is 73.5 cm³/mol. The molecular weight excluding hydrogens is 262 g/mol. The molecule has 108 valence electrons. The van der Waals surface area contributed by atoms with Crippen LogP contribution < -0.4 is 9.80 Å². The summed E-state index contributed by atoms with van der Waals surface area (Å²) in [5.74, 6) is -0.806. The van der Waals surface area contributed by atoms with Crippen LogP contribution in [-0.4, -0.2) is 30.7 Å². The molecule has 0 atom stereocenters. The van der Waals surface area contributed by atoms with Crippen LogP contribution in [0.1, 0.15) is 12.8 Å². The second-order valence-electron chi connectivity index (χ2n) is 3.86. The highest BCUT2D eigenvalue weighted by molar-refractivity contribution is 5.93. The normalized spacial score (nSPS) is 9.85. The Hall–Kier alpha value is -2.34. The van der Waals surface area contributed by atoms with Crippen LogP contribution in [0.4, 0.5) is 5.69 Å². The lowest BCUT2D eigenvalue weighted by Crippen LogP contribution is -2.29. The third kappa shape index (κ3) is 4.74. The number of hydroxylamine groups is 1. The van der Waals surface area contributed by atoms with Crippen molar-refractivity contribution in [3.05, 3.63) is 36.9 Å². The number of nitrogens with zero attached hydrogens (tertiary/aromatic N) is 1. The summed E-state index contributed by atoms with van der Waals surface area (Å²) in [5.41, 5.74) is 0.508. The average molecular weight is 279 g/mol. The monoisotopic (exact) mass is 279 g/mol. The SMILES string of the molecule is C=CCOc1ccc(N(OC)C(=O)CCC(=O)O)cc1. The summed E-state index contributed by atoms with van der Waals surface area (Å²) >= 11 is 0. The van der Waals surface area contributed by atoms with Crippen LogP contribution >= 0.6 is 0 Å². The fourth-order valence-corrected chi connectivity index (χ4v) is 1.50. The first kappa shape index (κ1) is 15.7. The van der Waals surface area contributed by atoms with E-state index in [1.165, 1.54) is 7.11 Å². The zero-order valence-corrected chi connectivity index (χ0v) is 11.2. The van der Waals surface area contributed by atoms with Crippen LogP contribution in [-0.2, 0) is 14.4 Å². The van der Waals surface area contributed by atoms with Crippen molar-refractivity contribution in [2.24, 2.45) is 0 Å². The lowest BCUT2D eigenvalue weighted by molar-refractivity contribution is -0.139. The zero-order valence-electron chi connectivity index (χ0n) is 11.2. The number of carbonyl (C=O) groups excluding carboxylic acids is 1. The Morgan fingerprint density at radius 2 is 1.95 bits per heavy atom. The highest BCUT2D eigenvalue weighted by atomic mass is 16.7. The average Bonchev–Trinajstić information content (AvgIpc) is 2.45. The second kappa shape index (κ2) is 7.96. The first-order valence-electron chi connectivity index (χ1n) is 6.01. The predicted octanol–water partition coefficient (Wildman–Crippen LogP) is 2.01. The summed E-state index contributed by atoms with van der Waals surface area (Å²) in [6, 6.07) is 6.69. The van der Waals surface area contributed by atoms with E-state index in [-0.39, 0.29) is 12.8 Å². The maximum Gasteiger partial charge on any atom is 0.303 e. The van der Waals surface area contributed by atoms with Crippen molar-refractivity contribution < 1.29 is 24.3 Å². The Bertz CT molecular complexity index is 469. The Morgan fingerprint density at radius 3 is 2.45 bits per heavy atom. The number of aliphatic carboxylic acids is 1. The molecule has 6 heteroatoms. The van der Waals surface area contributed by atoms with E-state index >= 15 is 0 Å². The molecule has 20 heavy (non-hydrogen) atoms. The molecule has 6 nitrogen and oxygen atoms in total. The largest absolute Gasteiger partial charge is 0.490 e. The minimum atomic E-state index is -1.03. The molecule has 0 fully saturated rings. The first-order chi connectivity index (χ1) is 9.58. The van der Waals surface area contributed by atoms with Crippen LogP contribution in [0.2, 0.25) is 0 Å². The number of carboxylic acids is 1. The van der Waals surface area contributed by atoms with Crippen LogP contribution in [0, 0.1) is 0 Å². The van der Waals surface area contributed by atoms with Gasteiger partial charge in [0.2, 0.25) is 0 Å². The molecule has 0 saturated heterocycles. The third-order valence-corrected chi connectivity index (χ3v) is 2.40. The van der Waals surface area contributed by atoms with E-state index < -0.39 is 11.9 Å². The number of rotatable bonds is 8. The zero-order chi connectivity index (χ0) is 15.0. The van der Waals surface area contributed by atoms with Gasteiger partial charge in [-0.25, -0.2) is 0 Å². The maximum absolute atomic E-state index is 11.8. The van der Waals surface area contributed by atoms with Crippen LogP contribution in [0.3, 0.4) is 0 Å².